The molecule has 2 amide bonds. The van der Waals surface area contributed by atoms with Crippen molar-refractivity contribution < 1.29 is 23.8 Å². The SMILES string of the molecule is Cc1nc(COc2cccc(C(=O)NNC(=O)c3ccc4c(c3)OCO4)c2)cs1. The number of rotatable bonds is 5. The molecule has 1 aliphatic heterocycles. The van der Waals surface area contributed by atoms with Gasteiger partial charge < -0.3 is 14.2 Å². The molecule has 2 N–H and O–H groups in total. The Bertz CT molecular complexity index is 1070. The highest BCUT2D eigenvalue weighted by atomic mass is 32.1. The van der Waals surface area contributed by atoms with Gasteiger partial charge in [-0.15, -0.1) is 11.3 Å². The fraction of sp³-hybridized carbons (Fsp3) is 0.150. The number of carbonyl (C=O) groups excluding carboxylic acids is 2. The molecule has 0 atom stereocenters. The van der Waals surface area contributed by atoms with Gasteiger partial charge >= 0.3 is 0 Å². The summed E-state index contributed by atoms with van der Waals surface area (Å²) in [7, 11) is 0. The monoisotopic (exact) mass is 411 g/mol. The van der Waals surface area contributed by atoms with Gasteiger partial charge in [-0.25, -0.2) is 4.98 Å². The highest BCUT2D eigenvalue weighted by Gasteiger charge is 2.17. The molecule has 1 aliphatic rings. The minimum Gasteiger partial charge on any atom is -0.487 e. The van der Waals surface area contributed by atoms with E-state index in [9.17, 15) is 9.59 Å². The van der Waals surface area contributed by atoms with Crippen LogP contribution in [0.2, 0.25) is 0 Å². The zero-order valence-electron chi connectivity index (χ0n) is 15.4. The van der Waals surface area contributed by atoms with E-state index >= 15 is 0 Å². The molecule has 29 heavy (non-hydrogen) atoms. The first-order valence-electron chi connectivity index (χ1n) is 8.73. The Morgan fingerprint density at radius 1 is 1.07 bits per heavy atom. The third kappa shape index (κ3) is 4.46. The van der Waals surface area contributed by atoms with Crippen LogP contribution in [0.5, 0.6) is 17.2 Å². The maximum absolute atomic E-state index is 12.4. The molecule has 0 spiro atoms. The van der Waals surface area contributed by atoms with Gasteiger partial charge in [0, 0.05) is 16.5 Å². The number of carbonyl (C=O) groups is 2. The smallest absolute Gasteiger partial charge is 0.269 e. The Labute approximate surface area is 170 Å². The summed E-state index contributed by atoms with van der Waals surface area (Å²) in [4.78, 5) is 28.9. The molecule has 4 rings (SSSR count). The van der Waals surface area contributed by atoms with Crippen LogP contribution in [-0.4, -0.2) is 23.6 Å². The average molecular weight is 411 g/mol. The minimum atomic E-state index is -0.469. The van der Waals surface area contributed by atoms with Gasteiger partial charge in [0.05, 0.1) is 10.7 Å². The number of aromatic nitrogens is 1. The Balaban J connectivity index is 1.34. The largest absolute Gasteiger partial charge is 0.487 e. The van der Waals surface area contributed by atoms with Crippen molar-refractivity contribution in [2.24, 2.45) is 0 Å². The number of hydrazine groups is 1. The lowest BCUT2D eigenvalue weighted by Gasteiger charge is -2.09. The standard InChI is InChI=1S/C20H17N3O5S/c1-12-21-15(10-29-12)9-26-16-4-2-3-13(7-16)19(24)22-23-20(25)14-5-6-17-18(8-14)28-11-27-17/h2-8,10H,9,11H2,1H3,(H,22,24)(H,23,25). The number of thiazole rings is 1. The highest BCUT2D eigenvalue weighted by molar-refractivity contribution is 7.09. The number of hydrogen-bond acceptors (Lipinski definition) is 7. The highest BCUT2D eigenvalue weighted by Crippen LogP contribution is 2.32. The van der Waals surface area contributed by atoms with Crippen LogP contribution < -0.4 is 25.1 Å². The van der Waals surface area contributed by atoms with Gasteiger partial charge in [0.2, 0.25) is 6.79 Å². The summed E-state index contributed by atoms with van der Waals surface area (Å²) >= 11 is 1.55. The van der Waals surface area contributed by atoms with E-state index in [1.54, 1.807) is 53.8 Å². The number of aryl methyl sites for hydroxylation is 1. The second kappa shape index (κ2) is 8.19. The summed E-state index contributed by atoms with van der Waals surface area (Å²) in [6, 6.07) is 11.5. The van der Waals surface area contributed by atoms with Crippen LogP contribution in [0.15, 0.2) is 47.8 Å². The average Bonchev–Trinajstić information content (AvgIpc) is 3.38. The quantitative estimate of drug-likeness (QED) is 0.627. The fourth-order valence-electron chi connectivity index (χ4n) is 2.65. The van der Waals surface area contributed by atoms with Crippen LogP contribution in [0.25, 0.3) is 0 Å². The van der Waals surface area contributed by atoms with Gasteiger partial charge in [-0.3, -0.25) is 20.4 Å². The van der Waals surface area contributed by atoms with Crippen LogP contribution in [-0.2, 0) is 6.61 Å². The maximum atomic E-state index is 12.4. The van der Waals surface area contributed by atoms with Gasteiger partial charge in [-0.1, -0.05) is 6.07 Å². The zero-order valence-corrected chi connectivity index (χ0v) is 16.2. The number of nitrogens with zero attached hydrogens (tertiary/aromatic N) is 1. The first-order chi connectivity index (χ1) is 14.1. The van der Waals surface area contributed by atoms with Crippen LogP contribution in [0.1, 0.15) is 31.4 Å². The molecule has 2 heterocycles. The van der Waals surface area contributed by atoms with Crippen molar-refractivity contribution in [1.82, 2.24) is 15.8 Å². The van der Waals surface area contributed by atoms with Gasteiger partial charge in [0.25, 0.3) is 11.8 Å². The van der Waals surface area contributed by atoms with E-state index < -0.39 is 11.8 Å². The molecule has 148 valence electrons. The minimum absolute atomic E-state index is 0.123. The van der Waals surface area contributed by atoms with Crippen molar-refractivity contribution in [3.05, 3.63) is 69.7 Å². The Morgan fingerprint density at radius 3 is 2.59 bits per heavy atom. The van der Waals surface area contributed by atoms with E-state index in [0.717, 1.165) is 10.7 Å². The fourth-order valence-corrected chi connectivity index (χ4v) is 3.25. The molecular formula is C20H17N3O5S. The molecule has 0 saturated carbocycles. The predicted molar refractivity (Wildman–Crippen MR) is 105 cm³/mol. The summed E-state index contributed by atoms with van der Waals surface area (Å²) in [6.45, 7) is 2.37. The van der Waals surface area contributed by atoms with E-state index in [-0.39, 0.29) is 6.79 Å². The first-order valence-corrected chi connectivity index (χ1v) is 9.60. The topological polar surface area (TPSA) is 98.8 Å². The summed E-state index contributed by atoms with van der Waals surface area (Å²) in [5.74, 6) is 0.668. The van der Waals surface area contributed by atoms with E-state index in [4.69, 9.17) is 14.2 Å². The van der Waals surface area contributed by atoms with E-state index in [2.05, 4.69) is 15.8 Å². The molecule has 1 aromatic heterocycles. The number of amides is 2. The molecule has 0 radical (unpaired) electrons. The third-order valence-corrected chi connectivity index (χ3v) is 4.90. The second-order valence-electron chi connectivity index (χ2n) is 6.15. The number of hydrogen-bond donors (Lipinski definition) is 2. The van der Waals surface area contributed by atoms with E-state index in [1.807, 2.05) is 12.3 Å². The van der Waals surface area contributed by atoms with Crippen molar-refractivity contribution in [3.8, 4) is 17.2 Å². The second-order valence-corrected chi connectivity index (χ2v) is 7.21. The molecular weight excluding hydrogens is 394 g/mol. The Kier molecular flexibility index (Phi) is 5.30. The van der Waals surface area contributed by atoms with Gasteiger partial charge in [0.1, 0.15) is 12.4 Å². The lowest BCUT2D eigenvalue weighted by atomic mass is 10.2. The summed E-state index contributed by atoms with van der Waals surface area (Å²) in [5.41, 5.74) is 6.30. The predicted octanol–water partition coefficient (Wildman–Crippen LogP) is 2.83. The molecule has 2 aromatic carbocycles. The van der Waals surface area contributed by atoms with Crippen molar-refractivity contribution in [2.75, 3.05) is 6.79 Å². The summed E-state index contributed by atoms with van der Waals surface area (Å²) in [5, 5.41) is 2.90. The van der Waals surface area contributed by atoms with Crippen LogP contribution in [0.3, 0.4) is 0 Å². The summed E-state index contributed by atoms with van der Waals surface area (Å²) < 4.78 is 16.1. The molecule has 0 unspecified atom stereocenters. The number of fused-ring (bicyclic) bond motifs is 1. The van der Waals surface area contributed by atoms with Crippen molar-refractivity contribution in [2.45, 2.75) is 13.5 Å². The first kappa shape index (κ1) is 18.8. The third-order valence-electron chi connectivity index (χ3n) is 4.07. The Hall–Kier alpha value is -3.59. The normalized spacial score (nSPS) is 11.8. The number of ether oxygens (including phenoxy) is 3. The van der Waals surface area contributed by atoms with Crippen molar-refractivity contribution in [1.29, 1.82) is 0 Å². The molecule has 0 fully saturated rings. The number of nitrogens with one attached hydrogen (secondary N) is 2. The lowest BCUT2D eigenvalue weighted by molar-refractivity contribution is 0.0846. The Morgan fingerprint density at radius 2 is 1.83 bits per heavy atom. The molecule has 0 aliphatic carbocycles. The van der Waals surface area contributed by atoms with Crippen LogP contribution in [0, 0.1) is 6.92 Å². The van der Waals surface area contributed by atoms with Gasteiger partial charge in [0.15, 0.2) is 11.5 Å². The lowest BCUT2D eigenvalue weighted by Crippen LogP contribution is -2.41. The summed E-state index contributed by atoms with van der Waals surface area (Å²) in [6.07, 6.45) is 0. The molecule has 0 bridgehead atoms. The van der Waals surface area contributed by atoms with E-state index in [1.165, 1.54) is 0 Å². The molecule has 9 heteroatoms. The van der Waals surface area contributed by atoms with Crippen LogP contribution >= 0.6 is 11.3 Å². The van der Waals surface area contributed by atoms with Gasteiger partial charge in [-0.2, -0.15) is 0 Å². The van der Waals surface area contributed by atoms with E-state index in [0.29, 0.717) is 35.0 Å². The molecule has 8 nitrogen and oxygen atoms in total. The van der Waals surface area contributed by atoms with Crippen molar-refractivity contribution >= 4 is 23.2 Å². The number of benzene rings is 2. The van der Waals surface area contributed by atoms with Gasteiger partial charge in [-0.05, 0) is 43.3 Å². The molecule has 0 saturated heterocycles. The maximum Gasteiger partial charge on any atom is 0.269 e. The van der Waals surface area contributed by atoms with Crippen molar-refractivity contribution in [3.63, 3.8) is 0 Å². The zero-order chi connectivity index (χ0) is 20.2. The van der Waals surface area contributed by atoms with Crippen LogP contribution in [0.4, 0.5) is 0 Å². The molecule has 3 aromatic rings.